The Kier molecular flexibility index (Phi) is 5.81. The van der Waals surface area contributed by atoms with Gasteiger partial charge in [0.05, 0.1) is 20.4 Å². The molecule has 0 N–H and O–H groups in total. The third kappa shape index (κ3) is 3.69. The maximum atomic E-state index is 5.49. The van der Waals surface area contributed by atoms with E-state index in [4.69, 9.17) is 9.47 Å². The fourth-order valence-corrected chi connectivity index (χ4v) is 3.27. The third-order valence-corrected chi connectivity index (χ3v) is 4.56. The van der Waals surface area contributed by atoms with Crippen LogP contribution in [0.25, 0.3) is 16.9 Å². The summed E-state index contributed by atoms with van der Waals surface area (Å²) in [5, 5.41) is 0. The largest absolute Gasteiger partial charge is 1.00 e. The van der Waals surface area contributed by atoms with Crippen molar-refractivity contribution in [1.29, 1.82) is 0 Å². The van der Waals surface area contributed by atoms with E-state index < -0.39 is 0 Å². The zero-order valence-electron chi connectivity index (χ0n) is 15.3. The molecule has 2 aromatic heterocycles. The summed E-state index contributed by atoms with van der Waals surface area (Å²) in [4.78, 5) is 0. The summed E-state index contributed by atoms with van der Waals surface area (Å²) >= 11 is 0. The average Bonchev–Trinajstić information content (AvgIpc) is 3.07. The van der Waals surface area contributed by atoms with Crippen LogP contribution < -0.4 is 30.9 Å². The number of aromatic nitrogens is 2. The lowest BCUT2D eigenvalue weighted by Gasteiger charge is -2.09. The van der Waals surface area contributed by atoms with Crippen LogP contribution in [-0.4, -0.2) is 18.8 Å². The van der Waals surface area contributed by atoms with Gasteiger partial charge in [-0.25, -0.2) is 8.97 Å². The Balaban J connectivity index is 0.00000210. The molecular weight excluding hydrogens is 404 g/mol. The molecule has 0 amide bonds. The molecule has 0 unspecified atom stereocenters. The predicted molar refractivity (Wildman–Crippen MR) is 102 cm³/mol. The maximum Gasteiger partial charge on any atom is 0.286 e. The molecule has 138 valence electrons. The van der Waals surface area contributed by atoms with Gasteiger partial charge in [-0.2, -0.15) is 0 Å². The van der Waals surface area contributed by atoms with Gasteiger partial charge < -0.3 is 26.5 Å². The van der Waals surface area contributed by atoms with Crippen molar-refractivity contribution in [3.05, 3.63) is 84.7 Å². The normalized spacial score (nSPS) is 10.4. The Bertz CT molecular complexity index is 1040. The van der Waals surface area contributed by atoms with Crippen LogP contribution in [0.1, 0.15) is 5.56 Å². The maximum absolute atomic E-state index is 5.49. The molecule has 0 aliphatic carbocycles. The monoisotopic (exact) mass is 424 g/mol. The van der Waals surface area contributed by atoms with Gasteiger partial charge in [0, 0.05) is 11.6 Å². The van der Waals surface area contributed by atoms with Gasteiger partial charge in [-0.3, -0.25) is 0 Å². The number of pyridine rings is 1. The molecule has 0 saturated carbocycles. The van der Waals surface area contributed by atoms with E-state index >= 15 is 0 Å². The Labute approximate surface area is 169 Å². The fourth-order valence-electron chi connectivity index (χ4n) is 3.27. The van der Waals surface area contributed by atoms with E-state index in [1.807, 2.05) is 24.3 Å². The Hall–Kier alpha value is -2.79. The number of hydrogen-bond acceptors (Lipinski definition) is 2. The first kappa shape index (κ1) is 19.0. The van der Waals surface area contributed by atoms with Gasteiger partial charge in [0.15, 0.2) is 17.2 Å². The molecule has 0 saturated heterocycles. The number of fused-ring (bicyclic) bond motifs is 1. The van der Waals surface area contributed by atoms with Crippen LogP contribution in [0.15, 0.2) is 79.1 Å². The van der Waals surface area contributed by atoms with Crippen LogP contribution in [0.4, 0.5) is 0 Å². The van der Waals surface area contributed by atoms with Crippen molar-refractivity contribution in [2.24, 2.45) is 0 Å². The van der Waals surface area contributed by atoms with E-state index in [2.05, 4.69) is 63.8 Å². The highest BCUT2D eigenvalue weighted by Gasteiger charge is 2.20. The van der Waals surface area contributed by atoms with Gasteiger partial charge in [-0.05, 0) is 29.8 Å². The summed E-state index contributed by atoms with van der Waals surface area (Å²) in [5.74, 6) is 1.46. The zero-order chi connectivity index (χ0) is 17.9. The first-order valence-electron chi connectivity index (χ1n) is 8.56. The summed E-state index contributed by atoms with van der Waals surface area (Å²) in [5.41, 5.74) is 4.61. The molecule has 2 aromatic carbocycles. The standard InChI is InChI=1S/C22H21N2O2.BrH/c1-25-20-12-11-18(14-21(20)26-2)19-16-23-13-7-6-10-22(23)24(19)15-17-8-4-3-5-9-17;/h3-14,16H,15H2,1-2H3;1H/q+1;/p-1. The average molecular weight is 425 g/mol. The van der Waals surface area contributed by atoms with Crippen LogP contribution in [0.2, 0.25) is 0 Å². The second-order valence-electron chi connectivity index (χ2n) is 6.12. The summed E-state index contributed by atoms with van der Waals surface area (Å²) in [6.07, 6.45) is 4.22. The molecule has 4 nitrogen and oxygen atoms in total. The molecular formula is C22H21BrN2O2. The van der Waals surface area contributed by atoms with E-state index in [0.29, 0.717) is 0 Å². The van der Waals surface area contributed by atoms with E-state index in [1.165, 1.54) is 5.56 Å². The lowest BCUT2D eigenvalue weighted by molar-refractivity contribution is -0.510. The van der Waals surface area contributed by atoms with E-state index in [-0.39, 0.29) is 17.0 Å². The molecule has 5 heteroatoms. The Morgan fingerprint density at radius 1 is 0.852 bits per heavy atom. The molecule has 0 atom stereocenters. The van der Waals surface area contributed by atoms with Gasteiger partial charge in [0.2, 0.25) is 0 Å². The molecule has 27 heavy (non-hydrogen) atoms. The Morgan fingerprint density at radius 2 is 1.59 bits per heavy atom. The van der Waals surface area contributed by atoms with Crippen molar-refractivity contribution in [3.63, 3.8) is 0 Å². The molecule has 0 aliphatic heterocycles. The number of methoxy groups -OCH3 is 2. The second kappa shape index (κ2) is 8.27. The van der Waals surface area contributed by atoms with Crippen molar-refractivity contribution < 1.29 is 30.9 Å². The minimum absolute atomic E-state index is 0. The van der Waals surface area contributed by atoms with Crippen molar-refractivity contribution in [3.8, 4) is 22.8 Å². The number of ether oxygens (including phenoxy) is 2. The number of halogens is 1. The van der Waals surface area contributed by atoms with Crippen LogP contribution in [0.3, 0.4) is 0 Å². The molecule has 2 heterocycles. The highest BCUT2D eigenvalue weighted by Crippen LogP contribution is 2.32. The SMILES string of the molecule is COc1ccc(-c2c[n+]3ccccc3n2Cc2ccccc2)cc1OC.[Br-]. The number of rotatable bonds is 5. The quantitative estimate of drug-likeness (QED) is 0.446. The second-order valence-corrected chi connectivity index (χ2v) is 6.12. The molecule has 0 aliphatic rings. The smallest absolute Gasteiger partial charge is 0.286 e. The lowest BCUT2D eigenvalue weighted by atomic mass is 10.1. The van der Waals surface area contributed by atoms with Crippen molar-refractivity contribution in [2.75, 3.05) is 14.2 Å². The first-order chi connectivity index (χ1) is 12.8. The van der Waals surface area contributed by atoms with Gasteiger partial charge in [-0.15, -0.1) is 0 Å². The molecule has 0 fully saturated rings. The number of benzene rings is 2. The van der Waals surface area contributed by atoms with Gasteiger partial charge in [0.25, 0.3) is 5.65 Å². The third-order valence-electron chi connectivity index (χ3n) is 4.56. The van der Waals surface area contributed by atoms with E-state index in [9.17, 15) is 0 Å². The van der Waals surface area contributed by atoms with Gasteiger partial charge in [0.1, 0.15) is 12.7 Å². The summed E-state index contributed by atoms with van der Waals surface area (Å²) in [6, 6.07) is 22.8. The molecule has 0 bridgehead atoms. The molecule has 0 spiro atoms. The van der Waals surface area contributed by atoms with Crippen molar-refractivity contribution in [1.82, 2.24) is 4.57 Å². The first-order valence-corrected chi connectivity index (χ1v) is 8.56. The van der Waals surface area contributed by atoms with Crippen molar-refractivity contribution >= 4 is 5.65 Å². The van der Waals surface area contributed by atoms with Crippen LogP contribution in [0.5, 0.6) is 11.5 Å². The summed E-state index contributed by atoms with van der Waals surface area (Å²) in [7, 11) is 3.32. The predicted octanol–water partition coefficient (Wildman–Crippen LogP) is 0.963. The van der Waals surface area contributed by atoms with Crippen molar-refractivity contribution in [2.45, 2.75) is 6.54 Å². The minimum atomic E-state index is 0. The van der Waals surface area contributed by atoms with E-state index in [1.54, 1.807) is 14.2 Å². The number of nitrogens with zero attached hydrogens (tertiary/aromatic N) is 2. The van der Waals surface area contributed by atoms with Crippen LogP contribution >= 0.6 is 0 Å². The summed E-state index contributed by atoms with van der Waals surface area (Å²) in [6.45, 7) is 0.797. The molecule has 4 rings (SSSR count). The lowest BCUT2D eigenvalue weighted by Crippen LogP contribution is -3.00. The zero-order valence-corrected chi connectivity index (χ0v) is 16.9. The number of imidazole rings is 1. The van der Waals surface area contributed by atoms with Crippen LogP contribution in [-0.2, 0) is 6.54 Å². The van der Waals surface area contributed by atoms with E-state index in [0.717, 1.165) is 34.9 Å². The molecule has 4 aromatic rings. The van der Waals surface area contributed by atoms with Crippen LogP contribution in [0, 0.1) is 0 Å². The number of hydrogen-bond donors (Lipinski definition) is 0. The molecule has 0 radical (unpaired) electrons. The summed E-state index contributed by atoms with van der Waals surface area (Å²) < 4.78 is 15.3. The van der Waals surface area contributed by atoms with Gasteiger partial charge >= 0.3 is 0 Å². The highest BCUT2D eigenvalue weighted by atomic mass is 79.9. The topological polar surface area (TPSA) is 27.5 Å². The van der Waals surface area contributed by atoms with Gasteiger partial charge in [-0.1, -0.05) is 36.4 Å². The Morgan fingerprint density at radius 3 is 2.33 bits per heavy atom. The minimum Gasteiger partial charge on any atom is -1.00 e. The fraction of sp³-hybridized carbons (Fsp3) is 0.136. The highest BCUT2D eigenvalue weighted by molar-refractivity contribution is 5.65.